The summed E-state index contributed by atoms with van der Waals surface area (Å²) in [7, 11) is 0. The number of halogens is 1. The van der Waals surface area contributed by atoms with Gasteiger partial charge in [-0.05, 0) is 32.6 Å². The van der Waals surface area contributed by atoms with Crippen molar-refractivity contribution in [2.75, 3.05) is 0 Å². The molecule has 0 atom stereocenters. The Hall–Kier alpha value is 0.250. The molecule has 0 aromatic heterocycles. The summed E-state index contributed by atoms with van der Waals surface area (Å²) >= 11 is 5.28. The van der Waals surface area contributed by atoms with Gasteiger partial charge in [0.1, 0.15) is 0 Å². The average Bonchev–Trinajstić information content (AvgIpc) is 1.85. The Morgan fingerprint density at radius 1 is 1.40 bits per heavy atom. The van der Waals surface area contributed by atoms with E-state index in [9.17, 15) is 0 Å². The Morgan fingerprint density at radius 3 is 2.20 bits per heavy atom. The van der Waals surface area contributed by atoms with Crippen molar-refractivity contribution in [2.45, 2.75) is 46.1 Å². The van der Waals surface area contributed by atoms with E-state index >= 15 is 0 Å². The summed E-state index contributed by atoms with van der Waals surface area (Å²) in [6.07, 6.45) is 2.19. The van der Waals surface area contributed by atoms with Crippen LogP contribution in [0.2, 0.25) is 0 Å². The van der Waals surface area contributed by atoms with Gasteiger partial charge >= 0.3 is 0 Å². The van der Waals surface area contributed by atoms with Crippen LogP contribution in [-0.4, -0.2) is 5.60 Å². The molecule has 0 aromatic rings. The molecule has 0 rings (SSSR count). The molecule has 0 aromatic carbocycles. The minimum absolute atomic E-state index is 0.161. The third-order valence-corrected chi connectivity index (χ3v) is 1.95. The second-order valence-corrected chi connectivity index (χ2v) is 3.92. The molecule has 0 fully saturated rings. The largest absolute Gasteiger partial charge is 0.273 e. The van der Waals surface area contributed by atoms with Crippen LogP contribution >= 0.6 is 11.9 Å². The average molecular weight is 165 g/mol. The number of rotatable bonds is 4. The Kier molecular flexibility index (Phi) is 4.30. The first kappa shape index (κ1) is 10.2. The van der Waals surface area contributed by atoms with Gasteiger partial charge in [-0.15, -0.1) is 0 Å². The highest BCUT2D eigenvalue weighted by molar-refractivity contribution is 6.07. The van der Waals surface area contributed by atoms with E-state index < -0.39 is 0 Å². The zero-order valence-electron chi connectivity index (χ0n) is 7.28. The molecule has 10 heavy (non-hydrogen) atoms. The van der Waals surface area contributed by atoms with Gasteiger partial charge in [0.2, 0.25) is 0 Å². The summed E-state index contributed by atoms with van der Waals surface area (Å²) in [6, 6.07) is 0. The van der Waals surface area contributed by atoms with Crippen LogP contribution < -0.4 is 0 Å². The second-order valence-electron chi connectivity index (χ2n) is 3.77. The molecule has 0 unspecified atom stereocenters. The van der Waals surface area contributed by atoms with Crippen molar-refractivity contribution in [1.29, 1.82) is 0 Å². The molecule has 0 saturated carbocycles. The van der Waals surface area contributed by atoms with E-state index in [0.717, 1.165) is 12.3 Å². The Balaban J connectivity index is 3.46. The molecule has 0 heterocycles. The molecule has 62 valence electrons. The Bertz CT molecular complexity index is 89.3. The zero-order chi connectivity index (χ0) is 8.20. The van der Waals surface area contributed by atoms with E-state index in [2.05, 4.69) is 13.8 Å². The van der Waals surface area contributed by atoms with Crippen molar-refractivity contribution in [3.8, 4) is 0 Å². The van der Waals surface area contributed by atoms with Crippen LogP contribution in [0.25, 0.3) is 0 Å². The van der Waals surface area contributed by atoms with E-state index in [4.69, 9.17) is 16.2 Å². The van der Waals surface area contributed by atoms with E-state index in [1.54, 1.807) is 0 Å². The van der Waals surface area contributed by atoms with Gasteiger partial charge in [-0.2, -0.15) is 0 Å². The summed E-state index contributed by atoms with van der Waals surface area (Å²) in [4.78, 5) is 0. The maximum atomic E-state index is 5.28. The Labute approximate surface area is 68.9 Å². The Morgan fingerprint density at radius 2 is 1.90 bits per heavy atom. The summed E-state index contributed by atoms with van der Waals surface area (Å²) < 4.78 is 4.76. The highest BCUT2D eigenvalue weighted by Gasteiger charge is 2.17. The lowest BCUT2D eigenvalue weighted by Gasteiger charge is -2.20. The fourth-order valence-electron chi connectivity index (χ4n) is 0.675. The summed E-state index contributed by atoms with van der Waals surface area (Å²) in [5.41, 5.74) is -0.161. The lowest BCUT2D eigenvalue weighted by Crippen LogP contribution is -2.20. The summed E-state index contributed by atoms with van der Waals surface area (Å²) in [5.74, 6) is 0.728. The van der Waals surface area contributed by atoms with Crippen LogP contribution in [0.4, 0.5) is 0 Å². The standard InChI is InChI=1S/C8H17ClO/c1-7(2)5-6-8(3,4)10-9/h7H,5-6H2,1-4H3. The molecular weight excluding hydrogens is 148 g/mol. The SMILES string of the molecule is CC(C)CCC(C)(C)OCl. The number of hydrogen-bond acceptors (Lipinski definition) is 1. The third-order valence-electron chi connectivity index (χ3n) is 1.53. The molecule has 0 amide bonds. The summed E-state index contributed by atoms with van der Waals surface area (Å²) in [6.45, 7) is 8.40. The van der Waals surface area contributed by atoms with E-state index in [-0.39, 0.29) is 5.60 Å². The van der Waals surface area contributed by atoms with Crippen LogP contribution in [-0.2, 0) is 4.29 Å². The fraction of sp³-hybridized carbons (Fsp3) is 1.00. The van der Waals surface area contributed by atoms with E-state index in [1.165, 1.54) is 6.42 Å². The van der Waals surface area contributed by atoms with Crippen molar-refractivity contribution in [1.82, 2.24) is 0 Å². The topological polar surface area (TPSA) is 9.23 Å². The minimum atomic E-state index is -0.161. The van der Waals surface area contributed by atoms with Crippen molar-refractivity contribution < 1.29 is 4.29 Å². The summed E-state index contributed by atoms with van der Waals surface area (Å²) in [5, 5.41) is 0. The molecule has 0 spiro atoms. The van der Waals surface area contributed by atoms with Crippen molar-refractivity contribution in [3.63, 3.8) is 0 Å². The van der Waals surface area contributed by atoms with Gasteiger partial charge in [0.25, 0.3) is 0 Å². The molecule has 0 aliphatic rings. The van der Waals surface area contributed by atoms with Crippen molar-refractivity contribution in [2.24, 2.45) is 5.92 Å². The molecule has 0 radical (unpaired) electrons. The maximum absolute atomic E-state index is 5.28. The van der Waals surface area contributed by atoms with Crippen molar-refractivity contribution in [3.05, 3.63) is 0 Å². The van der Waals surface area contributed by atoms with Crippen LogP contribution in [0.1, 0.15) is 40.5 Å². The highest BCUT2D eigenvalue weighted by atomic mass is 35.5. The van der Waals surface area contributed by atoms with Gasteiger partial charge in [-0.25, -0.2) is 0 Å². The van der Waals surface area contributed by atoms with Crippen LogP contribution in [0.3, 0.4) is 0 Å². The highest BCUT2D eigenvalue weighted by Crippen LogP contribution is 2.20. The zero-order valence-corrected chi connectivity index (χ0v) is 8.03. The minimum Gasteiger partial charge on any atom is -0.273 e. The van der Waals surface area contributed by atoms with Crippen LogP contribution in [0, 0.1) is 5.92 Å². The quantitative estimate of drug-likeness (QED) is 0.619. The first-order valence-corrected chi connectivity index (χ1v) is 4.08. The third kappa shape index (κ3) is 5.07. The molecule has 0 saturated heterocycles. The van der Waals surface area contributed by atoms with Gasteiger partial charge in [-0.1, -0.05) is 13.8 Å². The van der Waals surface area contributed by atoms with Gasteiger partial charge in [0.15, 0.2) is 0 Å². The van der Waals surface area contributed by atoms with Gasteiger partial charge in [0, 0.05) is 0 Å². The molecular formula is C8H17ClO. The first-order chi connectivity index (χ1) is 4.48. The lowest BCUT2D eigenvalue weighted by atomic mass is 9.97. The normalized spacial score (nSPS) is 12.6. The van der Waals surface area contributed by atoms with Crippen LogP contribution in [0.5, 0.6) is 0 Å². The van der Waals surface area contributed by atoms with Crippen molar-refractivity contribution >= 4 is 11.9 Å². The first-order valence-electron chi connectivity index (χ1n) is 3.77. The van der Waals surface area contributed by atoms with Gasteiger partial charge < -0.3 is 0 Å². The second kappa shape index (κ2) is 4.20. The van der Waals surface area contributed by atoms with Gasteiger partial charge in [0.05, 0.1) is 17.5 Å². The molecule has 2 heteroatoms. The predicted molar refractivity (Wildman–Crippen MR) is 45.1 cm³/mol. The monoisotopic (exact) mass is 164 g/mol. The predicted octanol–water partition coefficient (Wildman–Crippen LogP) is 3.37. The van der Waals surface area contributed by atoms with Gasteiger partial charge in [-0.3, -0.25) is 4.29 Å². The molecule has 0 aliphatic carbocycles. The smallest absolute Gasteiger partial charge is 0.0841 e. The van der Waals surface area contributed by atoms with Crippen LogP contribution in [0.15, 0.2) is 0 Å². The lowest BCUT2D eigenvalue weighted by molar-refractivity contribution is 0.107. The molecule has 0 bridgehead atoms. The molecule has 0 aliphatic heterocycles. The van der Waals surface area contributed by atoms with E-state index in [1.807, 2.05) is 13.8 Å². The fourth-order valence-corrected chi connectivity index (χ4v) is 0.752. The maximum Gasteiger partial charge on any atom is 0.0841 e. The molecule has 0 N–H and O–H groups in total. The van der Waals surface area contributed by atoms with E-state index in [0.29, 0.717) is 0 Å². The number of hydrogen-bond donors (Lipinski definition) is 0. The molecule has 1 nitrogen and oxygen atoms in total.